The third-order valence-electron chi connectivity index (χ3n) is 3.87. The van der Waals surface area contributed by atoms with Crippen LogP contribution in [0.4, 0.5) is 5.69 Å². The molecule has 1 aromatic carbocycles. The Morgan fingerprint density at radius 2 is 1.70 bits per heavy atom. The molecule has 0 aromatic heterocycles. The smallest absolute Gasteiger partial charge is 0.223 e. The van der Waals surface area contributed by atoms with E-state index >= 15 is 0 Å². The minimum absolute atomic E-state index is 0.0127. The topological polar surface area (TPSA) is 49.4 Å². The Kier molecular flexibility index (Phi) is 7.79. The van der Waals surface area contributed by atoms with Gasteiger partial charge in [0.1, 0.15) is 0 Å². The summed E-state index contributed by atoms with van der Waals surface area (Å²) < 4.78 is 0. The van der Waals surface area contributed by atoms with Gasteiger partial charge in [0, 0.05) is 26.4 Å². The zero-order valence-electron chi connectivity index (χ0n) is 15.1. The van der Waals surface area contributed by atoms with Gasteiger partial charge in [0.2, 0.25) is 11.8 Å². The molecule has 0 spiro atoms. The molecule has 0 saturated carbocycles. The molecule has 4 heteroatoms. The molecule has 0 aliphatic rings. The molecule has 0 aliphatic heterocycles. The van der Waals surface area contributed by atoms with Gasteiger partial charge in [-0.05, 0) is 29.9 Å². The summed E-state index contributed by atoms with van der Waals surface area (Å²) in [7, 11) is 0. The molecule has 4 nitrogen and oxygen atoms in total. The monoisotopic (exact) mass is 318 g/mol. The number of anilines is 1. The Labute approximate surface area is 140 Å². The molecule has 0 aliphatic carbocycles. The quantitative estimate of drug-likeness (QED) is 0.799. The lowest BCUT2D eigenvalue weighted by Gasteiger charge is -2.26. The minimum Gasteiger partial charge on any atom is -0.354 e. The number of rotatable bonds is 8. The first kappa shape index (κ1) is 19.2. The number of aryl methyl sites for hydroxylation is 2. The number of benzene rings is 1. The van der Waals surface area contributed by atoms with Crippen LogP contribution < -0.4 is 10.2 Å². The van der Waals surface area contributed by atoms with Gasteiger partial charge in [-0.25, -0.2) is 0 Å². The van der Waals surface area contributed by atoms with E-state index in [4.69, 9.17) is 0 Å². The zero-order chi connectivity index (χ0) is 17.4. The van der Waals surface area contributed by atoms with Crippen molar-refractivity contribution in [2.75, 3.05) is 18.0 Å². The lowest BCUT2D eigenvalue weighted by atomic mass is 10.0. The molecule has 1 N–H and O–H groups in total. The standard InChI is InChI=1S/C19H30N2O2/c1-6-16-9-8-10-17(7-2)19(16)21(15(5)22)12-11-20-18(23)13-14(3)4/h8-10,14H,6-7,11-13H2,1-5H3,(H,20,23). The molecule has 0 fully saturated rings. The maximum absolute atomic E-state index is 12.1. The molecule has 1 aromatic rings. The largest absolute Gasteiger partial charge is 0.354 e. The van der Waals surface area contributed by atoms with Crippen LogP contribution in [-0.4, -0.2) is 24.9 Å². The van der Waals surface area contributed by atoms with Crippen molar-refractivity contribution in [3.05, 3.63) is 29.3 Å². The zero-order valence-corrected chi connectivity index (χ0v) is 15.1. The number of amides is 2. The van der Waals surface area contributed by atoms with Gasteiger partial charge < -0.3 is 10.2 Å². The molecule has 2 amide bonds. The summed E-state index contributed by atoms with van der Waals surface area (Å²) in [6, 6.07) is 6.19. The predicted molar refractivity (Wildman–Crippen MR) is 95.7 cm³/mol. The second-order valence-corrected chi connectivity index (χ2v) is 6.25. The highest BCUT2D eigenvalue weighted by atomic mass is 16.2. The molecule has 128 valence electrons. The van der Waals surface area contributed by atoms with Gasteiger partial charge in [0.25, 0.3) is 0 Å². The van der Waals surface area contributed by atoms with Gasteiger partial charge in [-0.15, -0.1) is 0 Å². The van der Waals surface area contributed by atoms with Crippen LogP contribution in [0.5, 0.6) is 0 Å². The van der Waals surface area contributed by atoms with Gasteiger partial charge in [0.05, 0.1) is 5.69 Å². The van der Waals surface area contributed by atoms with Crippen LogP contribution in [0, 0.1) is 5.92 Å². The first-order valence-electron chi connectivity index (χ1n) is 8.56. The number of hydrogen-bond acceptors (Lipinski definition) is 2. The van der Waals surface area contributed by atoms with Crippen LogP contribution in [0.15, 0.2) is 18.2 Å². The SMILES string of the molecule is CCc1cccc(CC)c1N(CCNC(=O)CC(C)C)C(C)=O. The number of para-hydroxylation sites is 1. The first-order valence-corrected chi connectivity index (χ1v) is 8.56. The summed E-state index contributed by atoms with van der Waals surface area (Å²) in [4.78, 5) is 25.7. The number of carbonyl (C=O) groups is 2. The van der Waals surface area contributed by atoms with E-state index in [0.29, 0.717) is 25.4 Å². The maximum atomic E-state index is 12.1. The highest BCUT2D eigenvalue weighted by molar-refractivity contribution is 5.93. The van der Waals surface area contributed by atoms with Crippen molar-refractivity contribution in [2.24, 2.45) is 5.92 Å². The van der Waals surface area contributed by atoms with E-state index in [-0.39, 0.29) is 11.8 Å². The van der Waals surface area contributed by atoms with E-state index in [1.54, 1.807) is 11.8 Å². The summed E-state index contributed by atoms with van der Waals surface area (Å²) in [5, 5.41) is 2.91. The van der Waals surface area contributed by atoms with Crippen molar-refractivity contribution >= 4 is 17.5 Å². The summed E-state index contributed by atoms with van der Waals surface area (Å²) in [5.74, 6) is 0.396. The van der Waals surface area contributed by atoms with E-state index < -0.39 is 0 Å². The van der Waals surface area contributed by atoms with Crippen LogP contribution in [0.2, 0.25) is 0 Å². The van der Waals surface area contributed by atoms with Crippen molar-refractivity contribution in [3.8, 4) is 0 Å². The summed E-state index contributed by atoms with van der Waals surface area (Å²) in [6.45, 7) is 10.8. The third kappa shape index (κ3) is 5.70. The third-order valence-corrected chi connectivity index (χ3v) is 3.87. The molecule has 0 unspecified atom stereocenters. The Balaban J connectivity index is 2.88. The molecule has 1 rings (SSSR count). The second kappa shape index (κ2) is 9.33. The van der Waals surface area contributed by atoms with E-state index in [1.807, 2.05) is 19.9 Å². The van der Waals surface area contributed by atoms with E-state index in [0.717, 1.165) is 18.5 Å². The Morgan fingerprint density at radius 1 is 1.13 bits per heavy atom. The average Bonchev–Trinajstić information content (AvgIpc) is 2.49. The summed E-state index contributed by atoms with van der Waals surface area (Å²) in [5.41, 5.74) is 3.37. The van der Waals surface area contributed by atoms with Crippen LogP contribution in [0.3, 0.4) is 0 Å². The second-order valence-electron chi connectivity index (χ2n) is 6.25. The van der Waals surface area contributed by atoms with E-state index in [2.05, 4.69) is 31.3 Å². The van der Waals surface area contributed by atoms with Crippen molar-refractivity contribution in [1.29, 1.82) is 0 Å². The average molecular weight is 318 g/mol. The lowest BCUT2D eigenvalue weighted by Crippen LogP contribution is -2.38. The number of nitrogens with one attached hydrogen (secondary N) is 1. The summed E-state index contributed by atoms with van der Waals surface area (Å²) >= 11 is 0. The molecule has 23 heavy (non-hydrogen) atoms. The Bertz CT molecular complexity index is 516. The van der Waals surface area contributed by atoms with E-state index in [1.165, 1.54) is 11.1 Å². The highest BCUT2D eigenvalue weighted by Gasteiger charge is 2.18. The van der Waals surface area contributed by atoms with Crippen LogP contribution in [0.1, 0.15) is 52.2 Å². The van der Waals surface area contributed by atoms with Crippen LogP contribution in [-0.2, 0) is 22.4 Å². The molecule has 0 radical (unpaired) electrons. The van der Waals surface area contributed by atoms with Crippen LogP contribution >= 0.6 is 0 Å². The number of carbonyl (C=O) groups excluding carboxylic acids is 2. The van der Waals surface area contributed by atoms with E-state index in [9.17, 15) is 9.59 Å². The Hall–Kier alpha value is -1.84. The predicted octanol–water partition coefficient (Wildman–Crippen LogP) is 3.33. The maximum Gasteiger partial charge on any atom is 0.223 e. The van der Waals surface area contributed by atoms with Gasteiger partial charge in [-0.2, -0.15) is 0 Å². The van der Waals surface area contributed by atoms with Crippen molar-refractivity contribution in [2.45, 2.75) is 53.9 Å². The molecule has 0 heterocycles. The van der Waals surface area contributed by atoms with Gasteiger partial charge in [-0.3, -0.25) is 9.59 Å². The fourth-order valence-electron chi connectivity index (χ4n) is 2.74. The first-order chi connectivity index (χ1) is 10.9. The molecular formula is C19H30N2O2. The molecule has 0 bridgehead atoms. The lowest BCUT2D eigenvalue weighted by molar-refractivity contribution is -0.122. The minimum atomic E-state index is 0.0127. The van der Waals surface area contributed by atoms with Crippen LogP contribution in [0.25, 0.3) is 0 Å². The van der Waals surface area contributed by atoms with Crippen molar-refractivity contribution in [3.63, 3.8) is 0 Å². The van der Waals surface area contributed by atoms with Crippen molar-refractivity contribution < 1.29 is 9.59 Å². The molecule has 0 saturated heterocycles. The van der Waals surface area contributed by atoms with Gasteiger partial charge in [-0.1, -0.05) is 45.9 Å². The molecule has 0 atom stereocenters. The number of hydrogen-bond donors (Lipinski definition) is 1. The fraction of sp³-hybridized carbons (Fsp3) is 0.579. The summed E-state index contributed by atoms with van der Waals surface area (Å²) in [6.07, 6.45) is 2.28. The Morgan fingerprint density at radius 3 is 2.13 bits per heavy atom. The normalized spacial score (nSPS) is 10.7. The highest BCUT2D eigenvalue weighted by Crippen LogP contribution is 2.27. The molecular weight excluding hydrogens is 288 g/mol. The van der Waals surface area contributed by atoms with Gasteiger partial charge in [0.15, 0.2) is 0 Å². The fourth-order valence-corrected chi connectivity index (χ4v) is 2.74. The number of nitrogens with zero attached hydrogens (tertiary/aromatic N) is 1. The van der Waals surface area contributed by atoms with Gasteiger partial charge >= 0.3 is 0 Å². The van der Waals surface area contributed by atoms with Crippen molar-refractivity contribution in [1.82, 2.24) is 5.32 Å².